The van der Waals surface area contributed by atoms with Crippen molar-refractivity contribution in [2.24, 2.45) is 0 Å². The van der Waals surface area contributed by atoms with Gasteiger partial charge in [-0.3, -0.25) is 0 Å². The summed E-state index contributed by atoms with van der Waals surface area (Å²) in [5.41, 5.74) is 8.08. The van der Waals surface area contributed by atoms with Crippen molar-refractivity contribution >= 4 is 21.8 Å². The monoisotopic (exact) mass is 502 g/mol. The third-order valence-corrected chi connectivity index (χ3v) is 7.55. The standard InChI is InChI=1S/C34H34N2O2/c1-23-11-9-13-29-31(23)27-19-17-25-15-16-26-18-20-28(36-34(26)33(25)35-27)32-24(2)12-10-14-30(32)38-22-8-6-4-3-5-7-21-37-29/h9-20H,3-8,21-22H2,1-2H3. The molecule has 2 aromatic heterocycles. The third kappa shape index (κ3) is 4.83. The van der Waals surface area contributed by atoms with E-state index in [1.165, 1.54) is 25.7 Å². The molecule has 38 heavy (non-hydrogen) atoms. The van der Waals surface area contributed by atoms with Gasteiger partial charge in [-0.1, -0.05) is 74.2 Å². The van der Waals surface area contributed by atoms with Gasteiger partial charge in [-0.25, -0.2) is 9.97 Å². The van der Waals surface area contributed by atoms with Crippen LogP contribution >= 0.6 is 0 Å². The van der Waals surface area contributed by atoms with Crippen LogP contribution < -0.4 is 9.47 Å². The zero-order chi connectivity index (χ0) is 25.9. The van der Waals surface area contributed by atoms with Crippen molar-refractivity contribution in [2.75, 3.05) is 13.2 Å². The predicted octanol–water partition coefficient (Wildman–Crippen LogP) is 8.85. The van der Waals surface area contributed by atoms with Gasteiger partial charge in [0.05, 0.1) is 35.6 Å². The lowest BCUT2D eigenvalue weighted by atomic mass is 10.0. The first-order valence-corrected chi connectivity index (χ1v) is 13.9. The maximum Gasteiger partial charge on any atom is 0.128 e. The molecule has 0 unspecified atom stereocenters. The quantitative estimate of drug-likeness (QED) is 0.198. The molecular formula is C34H34N2O2. The zero-order valence-electron chi connectivity index (χ0n) is 22.3. The third-order valence-electron chi connectivity index (χ3n) is 7.55. The fourth-order valence-electron chi connectivity index (χ4n) is 5.50. The summed E-state index contributed by atoms with van der Waals surface area (Å²) in [6.07, 6.45) is 6.91. The zero-order valence-corrected chi connectivity index (χ0v) is 22.3. The summed E-state index contributed by atoms with van der Waals surface area (Å²) in [4.78, 5) is 10.4. The SMILES string of the molecule is Cc1cccc2c1-c1ccc3ccc4ccc(nc4c3n1)-c1c(C)cccc1OCCCCCCCCO2. The summed E-state index contributed by atoms with van der Waals surface area (Å²) in [6, 6.07) is 25.3. The van der Waals surface area contributed by atoms with Crippen LogP contribution in [0.2, 0.25) is 0 Å². The molecule has 0 spiro atoms. The highest BCUT2D eigenvalue weighted by atomic mass is 16.5. The van der Waals surface area contributed by atoms with E-state index in [4.69, 9.17) is 19.4 Å². The van der Waals surface area contributed by atoms with Crippen LogP contribution in [0.15, 0.2) is 72.8 Å². The second kappa shape index (κ2) is 10.8. The first-order chi connectivity index (χ1) is 18.7. The van der Waals surface area contributed by atoms with Crippen LogP contribution in [0.1, 0.15) is 49.7 Å². The van der Waals surface area contributed by atoms with E-state index < -0.39 is 0 Å². The topological polar surface area (TPSA) is 44.2 Å². The first kappa shape index (κ1) is 24.4. The summed E-state index contributed by atoms with van der Waals surface area (Å²) < 4.78 is 12.6. The normalized spacial score (nSPS) is 14.7. The molecule has 0 amide bonds. The summed E-state index contributed by atoms with van der Waals surface area (Å²) in [7, 11) is 0. The van der Waals surface area contributed by atoms with Crippen LogP contribution in [0.3, 0.4) is 0 Å². The van der Waals surface area contributed by atoms with Crippen molar-refractivity contribution in [1.82, 2.24) is 9.97 Å². The molecule has 0 fully saturated rings. The summed E-state index contributed by atoms with van der Waals surface area (Å²) in [5, 5.41) is 2.15. The molecule has 0 saturated heterocycles. The lowest BCUT2D eigenvalue weighted by Crippen LogP contribution is -2.02. The van der Waals surface area contributed by atoms with E-state index in [1.54, 1.807) is 0 Å². The molecule has 1 aliphatic rings. The molecule has 6 rings (SSSR count). The van der Waals surface area contributed by atoms with E-state index in [9.17, 15) is 0 Å². The second-order valence-electron chi connectivity index (χ2n) is 10.3. The molecule has 4 heteroatoms. The molecule has 0 N–H and O–H groups in total. The minimum absolute atomic E-state index is 0.719. The number of rotatable bonds is 0. The Labute approximate surface area is 224 Å². The van der Waals surface area contributed by atoms with E-state index in [0.29, 0.717) is 0 Å². The number of nitrogens with zero attached hydrogens (tertiary/aromatic N) is 2. The molecule has 0 aliphatic carbocycles. The Morgan fingerprint density at radius 2 is 0.921 bits per heavy atom. The number of benzene rings is 3. The van der Waals surface area contributed by atoms with Gasteiger partial charge in [0.25, 0.3) is 0 Å². The molecular weight excluding hydrogens is 468 g/mol. The van der Waals surface area contributed by atoms with Crippen LogP contribution in [-0.4, -0.2) is 23.2 Å². The van der Waals surface area contributed by atoms with E-state index >= 15 is 0 Å². The fraction of sp³-hybridized carbons (Fsp3) is 0.294. The molecule has 3 aromatic carbocycles. The summed E-state index contributed by atoms with van der Waals surface area (Å²) in [5.74, 6) is 1.81. The highest BCUT2D eigenvalue weighted by molar-refractivity contribution is 6.04. The Hall–Kier alpha value is -3.92. The average molecular weight is 503 g/mol. The summed E-state index contributed by atoms with van der Waals surface area (Å²) in [6.45, 7) is 5.70. The van der Waals surface area contributed by atoms with Gasteiger partial charge in [0.1, 0.15) is 11.5 Å². The smallest absolute Gasteiger partial charge is 0.128 e. The molecule has 3 heterocycles. The second-order valence-corrected chi connectivity index (χ2v) is 10.3. The van der Waals surface area contributed by atoms with Crippen LogP contribution in [-0.2, 0) is 0 Å². The van der Waals surface area contributed by atoms with Gasteiger partial charge in [-0.2, -0.15) is 0 Å². The average Bonchev–Trinajstić information content (AvgIpc) is 2.93. The number of pyridine rings is 2. The molecule has 0 atom stereocenters. The molecule has 0 saturated carbocycles. The molecule has 4 bridgehead atoms. The summed E-state index contributed by atoms with van der Waals surface area (Å²) >= 11 is 0. The molecule has 1 aliphatic heterocycles. The van der Waals surface area contributed by atoms with Crippen molar-refractivity contribution in [1.29, 1.82) is 0 Å². The number of ether oxygens (including phenoxy) is 2. The van der Waals surface area contributed by atoms with Crippen LogP contribution in [0.25, 0.3) is 44.3 Å². The fourth-order valence-corrected chi connectivity index (χ4v) is 5.50. The largest absolute Gasteiger partial charge is 0.493 e. The van der Waals surface area contributed by atoms with Crippen LogP contribution in [0.4, 0.5) is 0 Å². The highest BCUT2D eigenvalue weighted by Gasteiger charge is 2.16. The van der Waals surface area contributed by atoms with Crippen molar-refractivity contribution in [2.45, 2.75) is 52.4 Å². The number of hydrogen-bond donors (Lipinski definition) is 0. The molecule has 192 valence electrons. The van der Waals surface area contributed by atoms with Crippen molar-refractivity contribution < 1.29 is 9.47 Å². The Kier molecular flexibility index (Phi) is 6.96. The van der Waals surface area contributed by atoms with E-state index in [-0.39, 0.29) is 0 Å². The molecule has 0 radical (unpaired) electrons. The lowest BCUT2D eigenvalue weighted by Gasteiger charge is -2.16. The van der Waals surface area contributed by atoms with Gasteiger partial charge in [0.2, 0.25) is 0 Å². The van der Waals surface area contributed by atoms with Gasteiger partial charge >= 0.3 is 0 Å². The minimum atomic E-state index is 0.719. The Balaban J connectivity index is 1.54. The number of fused-ring (bicyclic) bond motifs is 6. The highest BCUT2D eigenvalue weighted by Crippen LogP contribution is 2.37. The van der Waals surface area contributed by atoms with Gasteiger partial charge < -0.3 is 9.47 Å². The van der Waals surface area contributed by atoms with E-state index in [1.807, 2.05) is 0 Å². The Bertz CT molecular complexity index is 1490. The maximum atomic E-state index is 6.32. The van der Waals surface area contributed by atoms with E-state index in [0.717, 1.165) is 93.0 Å². The van der Waals surface area contributed by atoms with Crippen LogP contribution in [0, 0.1) is 13.8 Å². The Morgan fingerprint density at radius 1 is 0.500 bits per heavy atom. The van der Waals surface area contributed by atoms with Crippen molar-refractivity contribution in [3.05, 3.63) is 83.9 Å². The van der Waals surface area contributed by atoms with Crippen molar-refractivity contribution in [3.63, 3.8) is 0 Å². The lowest BCUT2D eigenvalue weighted by molar-refractivity contribution is 0.298. The van der Waals surface area contributed by atoms with Crippen LogP contribution in [0.5, 0.6) is 11.5 Å². The maximum absolute atomic E-state index is 6.32. The van der Waals surface area contributed by atoms with E-state index in [2.05, 4.69) is 86.6 Å². The Morgan fingerprint density at radius 3 is 1.39 bits per heavy atom. The van der Waals surface area contributed by atoms with Gasteiger partial charge in [0.15, 0.2) is 0 Å². The van der Waals surface area contributed by atoms with Gasteiger partial charge in [0, 0.05) is 21.9 Å². The van der Waals surface area contributed by atoms with Gasteiger partial charge in [-0.15, -0.1) is 0 Å². The number of hydrogen-bond acceptors (Lipinski definition) is 4. The number of aryl methyl sites for hydroxylation is 2. The van der Waals surface area contributed by atoms with Gasteiger partial charge in [-0.05, 0) is 62.1 Å². The molecule has 4 nitrogen and oxygen atoms in total. The minimum Gasteiger partial charge on any atom is -0.493 e. The molecule has 5 aromatic rings. The van der Waals surface area contributed by atoms with Crippen molar-refractivity contribution in [3.8, 4) is 34.0 Å². The first-order valence-electron chi connectivity index (χ1n) is 13.9. The number of aromatic nitrogens is 2. The predicted molar refractivity (Wildman–Crippen MR) is 156 cm³/mol.